The molecule has 0 radical (unpaired) electrons. The highest BCUT2D eigenvalue weighted by molar-refractivity contribution is 14.0. The fourth-order valence-electron chi connectivity index (χ4n) is 3.96. The molecule has 1 N–H and O–H groups in total. The van der Waals surface area contributed by atoms with Crippen LogP contribution in [0.2, 0.25) is 0 Å². The Hall–Kier alpha value is -1.36. The number of aliphatic imine (C=N–C) groups is 1. The summed E-state index contributed by atoms with van der Waals surface area (Å²) in [7, 11) is 0. The van der Waals surface area contributed by atoms with Gasteiger partial charge in [-0.05, 0) is 33.1 Å². The second-order valence-corrected chi connectivity index (χ2v) is 7.67. The van der Waals surface area contributed by atoms with E-state index in [-0.39, 0.29) is 29.9 Å². The zero-order chi connectivity index (χ0) is 19.8. The second-order valence-electron chi connectivity index (χ2n) is 7.67. The van der Waals surface area contributed by atoms with Gasteiger partial charge >= 0.3 is 0 Å². The SMILES string of the molecule is CCNC(=NCCC(=O)N1CCCCC1C)N1CCN(Cc2ccon2)CC1.I. The fourth-order valence-corrected chi connectivity index (χ4v) is 3.96. The van der Waals surface area contributed by atoms with Crippen LogP contribution < -0.4 is 5.32 Å². The third-order valence-corrected chi connectivity index (χ3v) is 5.59. The van der Waals surface area contributed by atoms with Crippen LogP contribution in [0.15, 0.2) is 21.8 Å². The van der Waals surface area contributed by atoms with Crippen molar-refractivity contribution in [1.82, 2.24) is 25.2 Å². The number of piperazine rings is 1. The van der Waals surface area contributed by atoms with Crippen LogP contribution in [0.1, 0.15) is 45.2 Å². The van der Waals surface area contributed by atoms with E-state index in [1.807, 2.05) is 11.0 Å². The Morgan fingerprint density at radius 1 is 1.28 bits per heavy atom. The quantitative estimate of drug-likeness (QED) is 0.354. The number of nitrogens with zero attached hydrogens (tertiary/aromatic N) is 5. The maximum Gasteiger partial charge on any atom is 0.224 e. The molecule has 29 heavy (non-hydrogen) atoms. The molecule has 1 amide bonds. The zero-order valence-electron chi connectivity index (χ0n) is 17.7. The number of guanidine groups is 1. The van der Waals surface area contributed by atoms with Crippen molar-refractivity contribution in [1.29, 1.82) is 0 Å². The lowest BCUT2D eigenvalue weighted by Gasteiger charge is -2.36. The summed E-state index contributed by atoms with van der Waals surface area (Å²) in [5.74, 6) is 1.16. The van der Waals surface area contributed by atoms with Crippen molar-refractivity contribution in [3.05, 3.63) is 18.0 Å². The van der Waals surface area contributed by atoms with Crippen LogP contribution in [-0.4, -0.2) is 83.6 Å². The van der Waals surface area contributed by atoms with Crippen LogP contribution in [0.4, 0.5) is 0 Å². The number of aromatic nitrogens is 1. The van der Waals surface area contributed by atoms with Gasteiger partial charge in [-0.1, -0.05) is 5.16 Å². The lowest BCUT2D eigenvalue weighted by Crippen LogP contribution is -2.52. The molecule has 3 rings (SSSR count). The lowest BCUT2D eigenvalue weighted by atomic mass is 10.0. The number of rotatable bonds is 6. The smallest absolute Gasteiger partial charge is 0.224 e. The van der Waals surface area contributed by atoms with E-state index in [1.54, 1.807) is 6.26 Å². The van der Waals surface area contributed by atoms with Gasteiger partial charge in [0, 0.05) is 64.3 Å². The van der Waals surface area contributed by atoms with Crippen molar-refractivity contribution in [3.63, 3.8) is 0 Å². The van der Waals surface area contributed by atoms with E-state index in [4.69, 9.17) is 9.52 Å². The van der Waals surface area contributed by atoms with Gasteiger partial charge in [-0.25, -0.2) is 0 Å². The lowest BCUT2D eigenvalue weighted by molar-refractivity contribution is -0.134. The van der Waals surface area contributed by atoms with Crippen LogP contribution in [0.3, 0.4) is 0 Å². The van der Waals surface area contributed by atoms with Gasteiger partial charge in [-0.15, -0.1) is 24.0 Å². The van der Waals surface area contributed by atoms with Crippen molar-refractivity contribution in [2.45, 2.75) is 52.1 Å². The summed E-state index contributed by atoms with van der Waals surface area (Å²) in [6.45, 7) is 11.1. The standard InChI is InChI=1S/C20H34N6O2.HI/c1-3-21-20(22-9-7-19(27)26-10-5-4-6-17(26)2)25-13-11-24(12-14-25)16-18-8-15-28-23-18;/h8,15,17H,3-7,9-14,16H2,1-2H3,(H,21,22);1H. The minimum Gasteiger partial charge on any atom is -0.364 e. The second kappa shape index (κ2) is 12.4. The summed E-state index contributed by atoms with van der Waals surface area (Å²) in [6.07, 6.45) is 5.59. The summed E-state index contributed by atoms with van der Waals surface area (Å²) in [5.41, 5.74) is 0.972. The van der Waals surface area contributed by atoms with Gasteiger partial charge < -0.3 is 19.6 Å². The zero-order valence-corrected chi connectivity index (χ0v) is 20.0. The minimum atomic E-state index is 0. The third kappa shape index (κ3) is 7.13. The average molecular weight is 518 g/mol. The molecule has 3 heterocycles. The third-order valence-electron chi connectivity index (χ3n) is 5.59. The summed E-state index contributed by atoms with van der Waals surface area (Å²) in [4.78, 5) is 24.0. The maximum atomic E-state index is 12.5. The number of halogens is 1. The van der Waals surface area contributed by atoms with Crippen molar-refractivity contribution in [2.75, 3.05) is 45.8 Å². The molecule has 0 aromatic carbocycles. The predicted molar refractivity (Wildman–Crippen MR) is 124 cm³/mol. The number of amides is 1. The highest BCUT2D eigenvalue weighted by atomic mass is 127. The van der Waals surface area contributed by atoms with Crippen LogP contribution in [0, 0.1) is 0 Å². The highest BCUT2D eigenvalue weighted by Gasteiger charge is 2.23. The van der Waals surface area contributed by atoms with Gasteiger partial charge in [0.2, 0.25) is 5.91 Å². The molecule has 0 bridgehead atoms. The molecular formula is C20H35IN6O2. The molecule has 8 nitrogen and oxygen atoms in total. The number of nitrogens with one attached hydrogen (secondary N) is 1. The normalized spacial score (nSPS) is 21.0. The first-order valence-electron chi connectivity index (χ1n) is 10.6. The molecule has 2 aliphatic heterocycles. The topological polar surface area (TPSA) is 77.2 Å². The van der Waals surface area contributed by atoms with Crippen molar-refractivity contribution in [3.8, 4) is 0 Å². The van der Waals surface area contributed by atoms with E-state index in [9.17, 15) is 4.79 Å². The van der Waals surface area contributed by atoms with Crippen LogP contribution >= 0.6 is 24.0 Å². The summed E-state index contributed by atoms with van der Waals surface area (Å²) < 4.78 is 4.91. The highest BCUT2D eigenvalue weighted by Crippen LogP contribution is 2.17. The number of carbonyl (C=O) groups is 1. The van der Waals surface area contributed by atoms with E-state index in [0.29, 0.717) is 19.0 Å². The molecule has 2 saturated heterocycles. The molecule has 2 fully saturated rings. The predicted octanol–water partition coefficient (Wildman–Crippen LogP) is 2.17. The summed E-state index contributed by atoms with van der Waals surface area (Å²) in [5, 5.41) is 7.37. The number of hydrogen-bond donors (Lipinski definition) is 1. The minimum absolute atomic E-state index is 0. The molecule has 1 unspecified atom stereocenters. The molecular weight excluding hydrogens is 483 g/mol. The average Bonchev–Trinajstić information content (AvgIpc) is 3.21. The number of likely N-dealkylation sites (tertiary alicyclic amines) is 1. The van der Waals surface area contributed by atoms with Crippen molar-refractivity contribution in [2.24, 2.45) is 4.99 Å². The summed E-state index contributed by atoms with van der Waals surface area (Å²) in [6, 6.07) is 2.29. The van der Waals surface area contributed by atoms with E-state index >= 15 is 0 Å². The molecule has 0 spiro atoms. The number of hydrogen-bond acceptors (Lipinski definition) is 5. The van der Waals surface area contributed by atoms with Crippen molar-refractivity contribution >= 4 is 35.8 Å². The molecule has 2 aliphatic rings. The summed E-state index contributed by atoms with van der Waals surface area (Å²) >= 11 is 0. The Morgan fingerprint density at radius 3 is 2.72 bits per heavy atom. The van der Waals surface area contributed by atoms with Gasteiger partial charge in [0.05, 0.1) is 12.2 Å². The first kappa shape index (κ1) is 23.9. The Kier molecular flexibility index (Phi) is 10.2. The Morgan fingerprint density at radius 2 is 2.07 bits per heavy atom. The fraction of sp³-hybridized carbons (Fsp3) is 0.750. The Balaban J connectivity index is 0.00000300. The largest absolute Gasteiger partial charge is 0.364 e. The van der Waals surface area contributed by atoms with Gasteiger partial charge in [-0.3, -0.25) is 14.7 Å². The van der Waals surface area contributed by atoms with E-state index < -0.39 is 0 Å². The molecule has 9 heteroatoms. The maximum absolute atomic E-state index is 12.5. The first-order valence-corrected chi connectivity index (χ1v) is 10.6. The van der Waals surface area contributed by atoms with E-state index in [0.717, 1.165) is 70.3 Å². The van der Waals surface area contributed by atoms with Crippen molar-refractivity contribution < 1.29 is 9.32 Å². The van der Waals surface area contributed by atoms with Crippen LogP contribution in [0.5, 0.6) is 0 Å². The molecule has 0 saturated carbocycles. The molecule has 1 atom stereocenters. The molecule has 1 aromatic rings. The van der Waals surface area contributed by atoms with Gasteiger partial charge in [0.25, 0.3) is 0 Å². The Bertz CT molecular complexity index is 631. The van der Waals surface area contributed by atoms with Gasteiger partial charge in [0.15, 0.2) is 5.96 Å². The molecule has 164 valence electrons. The number of carbonyl (C=O) groups excluding carboxylic acids is 1. The van der Waals surface area contributed by atoms with Gasteiger partial charge in [0.1, 0.15) is 6.26 Å². The van der Waals surface area contributed by atoms with Gasteiger partial charge in [-0.2, -0.15) is 0 Å². The molecule has 1 aromatic heterocycles. The monoisotopic (exact) mass is 518 g/mol. The van der Waals surface area contributed by atoms with E-state index in [2.05, 4.69) is 34.1 Å². The van der Waals surface area contributed by atoms with Crippen LogP contribution in [-0.2, 0) is 11.3 Å². The first-order chi connectivity index (χ1) is 13.7. The van der Waals surface area contributed by atoms with Crippen LogP contribution in [0.25, 0.3) is 0 Å². The van der Waals surface area contributed by atoms with E-state index in [1.165, 1.54) is 6.42 Å². The Labute approximate surface area is 191 Å². The number of piperidine rings is 1. The molecule has 0 aliphatic carbocycles.